The number of aliphatic hydroxyl groups excluding tert-OH is 1. The third kappa shape index (κ3) is 8.60. The summed E-state index contributed by atoms with van der Waals surface area (Å²) >= 11 is 0. The smallest absolute Gasteiger partial charge is 0.0431 e. The fraction of sp³-hybridized carbons (Fsp3) is 0.657. The molecule has 2 nitrogen and oxygen atoms in total. The van der Waals surface area contributed by atoms with Gasteiger partial charge in [-0.3, -0.25) is 0 Å². The van der Waals surface area contributed by atoms with Crippen LogP contribution in [0.15, 0.2) is 53.8 Å². The summed E-state index contributed by atoms with van der Waals surface area (Å²) in [5.41, 5.74) is 14.0. The molecule has 1 aromatic carbocycles. The molecular weight excluding hydrogens is 450 g/mol. The van der Waals surface area contributed by atoms with Gasteiger partial charge in [0.05, 0.1) is 0 Å². The van der Waals surface area contributed by atoms with Gasteiger partial charge in [-0.1, -0.05) is 102 Å². The second-order valence-corrected chi connectivity index (χ2v) is 13.2. The molecule has 206 valence electrons. The topological polar surface area (TPSA) is 46.2 Å². The summed E-state index contributed by atoms with van der Waals surface area (Å²) in [4.78, 5) is 0. The van der Waals surface area contributed by atoms with Gasteiger partial charge in [-0.05, 0) is 90.9 Å². The van der Waals surface area contributed by atoms with E-state index in [0.717, 1.165) is 30.9 Å². The number of benzene rings is 1. The highest BCUT2D eigenvalue weighted by atomic mass is 16.2. The van der Waals surface area contributed by atoms with Gasteiger partial charge in [0, 0.05) is 24.6 Å². The zero-order chi connectivity index (χ0) is 26.9. The molecule has 2 heteroatoms. The van der Waals surface area contributed by atoms with Crippen molar-refractivity contribution in [3.8, 4) is 0 Å². The van der Waals surface area contributed by atoms with E-state index in [4.69, 9.17) is 10.8 Å². The van der Waals surface area contributed by atoms with E-state index in [9.17, 15) is 0 Å². The Hall–Kier alpha value is -1.80. The first-order valence-electron chi connectivity index (χ1n) is 15.2. The van der Waals surface area contributed by atoms with Crippen molar-refractivity contribution in [2.45, 2.75) is 135 Å². The maximum atomic E-state index is 8.94. The lowest BCUT2D eigenvalue weighted by molar-refractivity contribution is 0.281. The lowest BCUT2D eigenvalue weighted by Crippen LogP contribution is -2.33. The van der Waals surface area contributed by atoms with Crippen molar-refractivity contribution in [3.05, 3.63) is 70.5 Å². The molecule has 2 atom stereocenters. The van der Waals surface area contributed by atoms with Crippen molar-refractivity contribution in [2.75, 3.05) is 6.61 Å². The van der Waals surface area contributed by atoms with Crippen LogP contribution in [0.3, 0.4) is 0 Å². The first-order chi connectivity index (χ1) is 17.7. The Bertz CT molecular complexity index is 948. The summed E-state index contributed by atoms with van der Waals surface area (Å²) in [6.07, 6.45) is 24.8. The van der Waals surface area contributed by atoms with Crippen molar-refractivity contribution in [1.82, 2.24) is 0 Å². The van der Waals surface area contributed by atoms with Crippen LogP contribution in [-0.4, -0.2) is 11.7 Å². The number of rotatable bonds is 12. The van der Waals surface area contributed by atoms with Gasteiger partial charge in [-0.2, -0.15) is 0 Å². The Labute approximate surface area is 228 Å². The number of nitrogens with two attached hydrogens (primary N) is 1. The van der Waals surface area contributed by atoms with Crippen LogP contribution in [-0.2, 0) is 10.8 Å². The molecule has 0 fully saturated rings. The van der Waals surface area contributed by atoms with Gasteiger partial charge >= 0.3 is 0 Å². The van der Waals surface area contributed by atoms with Gasteiger partial charge in [0.15, 0.2) is 0 Å². The average Bonchev–Trinajstić information content (AvgIpc) is 3.09. The third-order valence-electron chi connectivity index (χ3n) is 9.20. The first-order valence-corrected chi connectivity index (χ1v) is 15.2. The molecule has 2 aliphatic rings. The third-order valence-corrected chi connectivity index (χ3v) is 9.20. The molecule has 2 aliphatic carbocycles. The Morgan fingerprint density at radius 2 is 1.78 bits per heavy atom. The van der Waals surface area contributed by atoms with E-state index in [-0.39, 0.29) is 10.8 Å². The number of fused-ring (bicyclic) bond motifs is 1. The highest BCUT2D eigenvalue weighted by Crippen LogP contribution is 2.46. The molecule has 0 heterocycles. The minimum absolute atomic E-state index is 0.249. The molecule has 2 unspecified atom stereocenters. The largest absolute Gasteiger partial charge is 0.402 e. The Morgan fingerprint density at radius 3 is 2.51 bits per heavy atom. The molecule has 0 saturated heterocycles. The maximum absolute atomic E-state index is 8.94. The molecule has 0 spiro atoms. The van der Waals surface area contributed by atoms with E-state index >= 15 is 0 Å². The van der Waals surface area contributed by atoms with Crippen molar-refractivity contribution < 1.29 is 5.11 Å². The fourth-order valence-corrected chi connectivity index (χ4v) is 6.45. The van der Waals surface area contributed by atoms with E-state index < -0.39 is 0 Å². The molecule has 3 N–H and O–H groups in total. The minimum atomic E-state index is 0.249. The number of hydrogen-bond donors (Lipinski definition) is 2. The van der Waals surface area contributed by atoms with E-state index in [1.165, 1.54) is 80.9 Å². The van der Waals surface area contributed by atoms with Crippen molar-refractivity contribution in [2.24, 2.45) is 11.7 Å². The predicted octanol–water partition coefficient (Wildman–Crippen LogP) is 9.38. The molecule has 0 aliphatic heterocycles. The van der Waals surface area contributed by atoms with Gasteiger partial charge in [0.1, 0.15) is 0 Å². The number of unbranched alkanes of at least 4 members (excludes halogenated alkanes) is 3. The summed E-state index contributed by atoms with van der Waals surface area (Å²) in [6.45, 7) is 12.2. The summed E-state index contributed by atoms with van der Waals surface area (Å²) < 4.78 is 0. The predicted molar refractivity (Wildman–Crippen MR) is 161 cm³/mol. The molecule has 0 amide bonds. The van der Waals surface area contributed by atoms with E-state index in [1.54, 1.807) is 5.56 Å². The van der Waals surface area contributed by atoms with Gasteiger partial charge in [0.2, 0.25) is 0 Å². The second kappa shape index (κ2) is 13.8. The Kier molecular flexibility index (Phi) is 11.1. The molecule has 0 saturated carbocycles. The minimum Gasteiger partial charge on any atom is -0.402 e. The number of hydrogen-bond acceptors (Lipinski definition) is 2. The molecule has 0 aromatic heterocycles. The summed E-state index contributed by atoms with van der Waals surface area (Å²) in [6, 6.07) is 7.28. The van der Waals surface area contributed by atoms with E-state index in [2.05, 4.69) is 77.1 Å². The fourth-order valence-electron chi connectivity index (χ4n) is 6.45. The second-order valence-electron chi connectivity index (χ2n) is 13.2. The van der Waals surface area contributed by atoms with Gasteiger partial charge in [-0.15, -0.1) is 0 Å². The Balaban J connectivity index is 1.58. The standard InChI is InChI=1S/C35H55NO/c1-6-29(30-20-21-32-33(26-30)35(4,5)23-22-34(32,2)3)16-12-17-31(36)25-28-15-11-14-27(18-19-28)13-9-7-8-10-24-37/h12,16-17,19-21,26-27,29,37H,6-11,13-15,18,22-25,36H2,1-5H3/b16-12-,31-17-. The number of allylic oxidation sites excluding steroid dienone is 5. The van der Waals surface area contributed by atoms with Crippen LogP contribution in [0.4, 0.5) is 0 Å². The highest BCUT2D eigenvalue weighted by molar-refractivity contribution is 5.45. The molecule has 0 radical (unpaired) electrons. The van der Waals surface area contributed by atoms with Crippen molar-refractivity contribution in [3.63, 3.8) is 0 Å². The summed E-state index contributed by atoms with van der Waals surface area (Å²) in [5.74, 6) is 1.25. The molecular formula is C35H55NO. The van der Waals surface area contributed by atoms with Crippen LogP contribution in [0.25, 0.3) is 0 Å². The number of aliphatic hydroxyl groups is 1. The van der Waals surface area contributed by atoms with E-state index in [0.29, 0.717) is 12.5 Å². The first kappa shape index (κ1) is 29.8. The molecule has 0 bridgehead atoms. The lowest BCUT2D eigenvalue weighted by atomic mass is 9.62. The zero-order valence-electron chi connectivity index (χ0n) is 24.6. The van der Waals surface area contributed by atoms with Crippen molar-refractivity contribution in [1.29, 1.82) is 0 Å². The molecule has 1 aromatic rings. The molecule has 3 rings (SSSR count). The lowest BCUT2D eigenvalue weighted by Gasteiger charge is -2.42. The highest BCUT2D eigenvalue weighted by Gasteiger charge is 2.37. The van der Waals surface area contributed by atoms with Crippen molar-refractivity contribution >= 4 is 0 Å². The summed E-state index contributed by atoms with van der Waals surface area (Å²) in [7, 11) is 0. The van der Waals surface area contributed by atoms with Gasteiger partial charge in [-0.25, -0.2) is 0 Å². The van der Waals surface area contributed by atoms with E-state index in [1.807, 2.05) is 0 Å². The van der Waals surface area contributed by atoms with Crippen LogP contribution in [0, 0.1) is 5.92 Å². The average molecular weight is 506 g/mol. The normalized spacial score (nSPS) is 22.4. The summed E-state index contributed by atoms with van der Waals surface area (Å²) in [5, 5.41) is 8.94. The van der Waals surface area contributed by atoms with Crippen LogP contribution >= 0.6 is 0 Å². The van der Waals surface area contributed by atoms with Crippen LogP contribution < -0.4 is 5.73 Å². The zero-order valence-corrected chi connectivity index (χ0v) is 24.6. The van der Waals surface area contributed by atoms with Crippen LogP contribution in [0.1, 0.15) is 141 Å². The van der Waals surface area contributed by atoms with Crippen LogP contribution in [0.2, 0.25) is 0 Å². The maximum Gasteiger partial charge on any atom is 0.0431 e. The SMILES string of the molecule is CCC(/C=C\C=C(/N)CC1=CCC(CCCCCCO)CCC1)c1ccc2c(c1)C(C)(C)CCC2(C)C. The van der Waals surface area contributed by atoms with Crippen LogP contribution in [0.5, 0.6) is 0 Å². The van der Waals surface area contributed by atoms with Gasteiger partial charge in [0.25, 0.3) is 0 Å². The monoisotopic (exact) mass is 505 g/mol. The Morgan fingerprint density at radius 1 is 1.05 bits per heavy atom. The van der Waals surface area contributed by atoms with Gasteiger partial charge < -0.3 is 10.8 Å². The molecule has 37 heavy (non-hydrogen) atoms. The quantitative estimate of drug-likeness (QED) is 0.169.